The van der Waals surface area contributed by atoms with Crippen LogP contribution in [0.25, 0.3) is 0 Å². The molecule has 0 radical (unpaired) electrons. The number of anilines is 1. The van der Waals surface area contributed by atoms with Crippen molar-refractivity contribution in [2.75, 3.05) is 5.32 Å². The van der Waals surface area contributed by atoms with Crippen molar-refractivity contribution in [3.05, 3.63) is 23.5 Å². The standard InChI is InChI=1S/C16H20ClN3O/c17-14-8-13(1-2-18-14)19-16(21)20-15-11-4-9-3-10(6-11)7-12(15)5-9/h1-2,8-12,15H,3-7H2,(H2,18,19,20,21). The summed E-state index contributed by atoms with van der Waals surface area (Å²) in [7, 11) is 0. The highest BCUT2D eigenvalue weighted by atomic mass is 35.5. The van der Waals surface area contributed by atoms with E-state index < -0.39 is 0 Å². The van der Waals surface area contributed by atoms with Crippen LogP contribution < -0.4 is 10.6 Å². The molecule has 21 heavy (non-hydrogen) atoms. The molecule has 4 saturated carbocycles. The summed E-state index contributed by atoms with van der Waals surface area (Å²) in [4.78, 5) is 16.1. The van der Waals surface area contributed by atoms with E-state index in [1.807, 2.05) is 0 Å². The first kappa shape index (κ1) is 13.4. The number of nitrogens with zero attached hydrogens (tertiary/aromatic N) is 1. The van der Waals surface area contributed by atoms with Gasteiger partial charge < -0.3 is 10.6 Å². The van der Waals surface area contributed by atoms with Crippen LogP contribution in [0, 0.1) is 23.7 Å². The topological polar surface area (TPSA) is 54.0 Å². The summed E-state index contributed by atoms with van der Waals surface area (Å²) in [6.45, 7) is 0. The van der Waals surface area contributed by atoms with Gasteiger partial charge in [0.15, 0.2) is 0 Å². The minimum Gasteiger partial charge on any atom is -0.335 e. The summed E-state index contributed by atoms with van der Waals surface area (Å²) in [6.07, 6.45) is 8.25. The van der Waals surface area contributed by atoms with E-state index in [4.69, 9.17) is 11.6 Å². The monoisotopic (exact) mass is 305 g/mol. The maximum absolute atomic E-state index is 12.2. The van der Waals surface area contributed by atoms with Gasteiger partial charge in [-0.3, -0.25) is 0 Å². The van der Waals surface area contributed by atoms with E-state index in [1.165, 1.54) is 32.1 Å². The first-order valence-electron chi connectivity index (χ1n) is 7.86. The first-order chi connectivity index (χ1) is 10.2. The third kappa shape index (κ3) is 2.61. The zero-order valence-corrected chi connectivity index (χ0v) is 12.6. The highest BCUT2D eigenvalue weighted by Crippen LogP contribution is 2.53. The van der Waals surface area contributed by atoms with Crippen LogP contribution in [-0.2, 0) is 0 Å². The number of rotatable bonds is 2. The molecular formula is C16H20ClN3O. The Balaban J connectivity index is 1.41. The minimum atomic E-state index is -0.116. The Morgan fingerprint density at radius 3 is 2.43 bits per heavy atom. The summed E-state index contributed by atoms with van der Waals surface area (Å²) in [5, 5.41) is 6.47. The molecule has 4 aliphatic rings. The Hall–Kier alpha value is -1.29. The molecule has 1 aromatic heterocycles. The number of amides is 2. The third-order valence-electron chi connectivity index (χ3n) is 5.51. The van der Waals surface area contributed by atoms with E-state index in [9.17, 15) is 4.79 Å². The van der Waals surface area contributed by atoms with Crippen LogP contribution >= 0.6 is 11.6 Å². The number of aromatic nitrogens is 1. The summed E-state index contributed by atoms with van der Waals surface area (Å²) in [6, 6.07) is 3.66. The lowest BCUT2D eigenvalue weighted by molar-refractivity contribution is -0.00883. The van der Waals surface area contributed by atoms with Crippen molar-refractivity contribution in [2.45, 2.75) is 38.1 Å². The predicted octanol–water partition coefficient (Wildman–Crippen LogP) is 3.68. The van der Waals surface area contributed by atoms with Crippen LogP contribution in [0.15, 0.2) is 18.3 Å². The number of carbonyl (C=O) groups is 1. The van der Waals surface area contributed by atoms with Crippen LogP contribution in [-0.4, -0.2) is 17.1 Å². The van der Waals surface area contributed by atoms with Gasteiger partial charge in [-0.1, -0.05) is 11.6 Å². The van der Waals surface area contributed by atoms with Crippen molar-refractivity contribution in [1.82, 2.24) is 10.3 Å². The molecule has 5 rings (SSSR count). The van der Waals surface area contributed by atoms with Gasteiger partial charge in [0.05, 0.1) is 0 Å². The summed E-state index contributed by atoms with van der Waals surface area (Å²) in [5.41, 5.74) is 0.691. The summed E-state index contributed by atoms with van der Waals surface area (Å²) >= 11 is 5.84. The van der Waals surface area contributed by atoms with E-state index in [1.54, 1.807) is 18.3 Å². The second-order valence-electron chi connectivity index (χ2n) is 6.92. The van der Waals surface area contributed by atoms with Gasteiger partial charge >= 0.3 is 6.03 Å². The summed E-state index contributed by atoms with van der Waals surface area (Å²) in [5.74, 6) is 3.22. The quantitative estimate of drug-likeness (QED) is 0.819. The fraction of sp³-hybridized carbons (Fsp3) is 0.625. The van der Waals surface area contributed by atoms with E-state index in [0.717, 1.165) is 11.8 Å². The van der Waals surface area contributed by atoms with Crippen molar-refractivity contribution in [1.29, 1.82) is 0 Å². The smallest absolute Gasteiger partial charge is 0.319 e. The molecule has 2 amide bonds. The van der Waals surface area contributed by atoms with Crippen LogP contribution in [0.2, 0.25) is 5.15 Å². The van der Waals surface area contributed by atoms with E-state index in [2.05, 4.69) is 15.6 Å². The average molecular weight is 306 g/mol. The number of carbonyl (C=O) groups excluding carboxylic acids is 1. The highest BCUT2D eigenvalue weighted by molar-refractivity contribution is 6.29. The normalized spacial score (nSPS) is 36.5. The van der Waals surface area contributed by atoms with Gasteiger partial charge in [-0.05, 0) is 67.9 Å². The highest BCUT2D eigenvalue weighted by Gasteiger charge is 2.48. The fourth-order valence-corrected chi connectivity index (χ4v) is 5.13. The fourth-order valence-electron chi connectivity index (χ4n) is 4.96. The Morgan fingerprint density at radius 1 is 1.14 bits per heavy atom. The molecule has 1 heterocycles. The number of urea groups is 1. The lowest BCUT2D eigenvalue weighted by atomic mass is 9.54. The number of halogens is 1. The van der Waals surface area contributed by atoms with E-state index >= 15 is 0 Å². The number of hydrogen-bond donors (Lipinski definition) is 2. The molecule has 4 fully saturated rings. The molecule has 4 nitrogen and oxygen atoms in total. The van der Waals surface area contributed by atoms with Gasteiger partial charge in [0.2, 0.25) is 0 Å². The van der Waals surface area contributed by atoms with Crippen molar-refractivity contribution in [3.8, 4) is 0 Å². The van der Waals surface area contributed by atoms with Crippen LogP contribution in [0.4, 0.5) is 10.5 Å². The first-order valence-corrected chi connectivity index (χ1v) is 8.24. The zero-order chi connectivity index (χ0) is 14.4. The Kier molecular flexibility index (Phi) is 3.29. The average Bonchev–Trinajstić information content (AvgIpc) is 2.42. The molecule has 112 valence electrons. The molecule has 1 aromatic rings. The van der Waals surface area contributed by atoms with Crippen LogP contribution in [0.5, 0.6) is 0 Å². The van der Waals surface area contributed by atoms with Gasteiger partial charge in [0.1, 0.15) is 5.15 Å². The van der Waals surface area contributed by atoms with Gasteiger partial charge in [-0.25, -0.2) is 9.78 Å². The van der Waals surface area contributed by atoms with Crippen molar-refractivity contribution in [3.63, 3.8) is 0 Å². The largest absolute Gasteiger partial charge is 0.335 e. The maximum Gasteiger partial charge on any atom is 0.319 e. The van der Waals surface area contributed by atoms with Crippen molar-refractivity contribution >= 4 is 23.3 Å². The van der Waals surface area contributed by atoms with Crippen LogP contribution in [0.1, 0.15) is 32.1 Å². The van der Waals surface area contributed by atoms with Gasteiger partial charge in [-0.15, -0.1) is 0 Å². The summed E-state index contributed by atoms with van der Waals surface area (Å²) < 4.78 is 0. The molecule has 0 spiro atoms. The third-order valence-corrected chi connectivity index (χ3v) is 5.72. The van der Waals surface area contributed by atoms with Crippen molar-refractivity contribution in [2.24, 2.45) is 23.7 Å². The minimum absolute atomic E-state index is 0.116. The maximum atomic E-state index is 12.2. The molecule has 0 atom stereocenters. The number of pyridine rings is 1. The molecule has 0 aromatic carbocycles. The van der Waals surface area contributed by atoms with Gasteiger partial charge in [-0.2, -0.15) is 0 Å². The molecule has 0 aliphatic heterocycles. The molecule has 0 saturated heterocycles. The lowest BCUT2D eigenvalue weighted by Gasteiger charge is -2.54. The molecular weight excluding hydrogens is 286 g/mol. The van der Waals surface area contributed by atoms with E-state index in [-0.39, 0.29) is 6.03 Å². The molecule has 0 unspecified atom stereocenters. The molecule has 5 heteroatoms. The lowest BCUT2D eigenvalue weighted by Crippen LogP contribution is -2.56. The number of nitrogens with one attached hydrogen (secondary N) is 2. The Labute approximate surface area is 129 Å². The zero-order valence-electron chi connectivity index (χ0n) is 11.9. The SMILES string of the molecule is O=C(Nc1ccnc(Cl)c1)NC1C2CC3CC(C2)CC1C3. The predicted molar refractivity (Wildman–Crippen MR) is 82.2 cm³/mol. The molecule has 4 aliphatic carbocycles. The second kappa shape index (κ2) is 5.16. The second-order valence-corrected chi connectivity index (χ2v) is 7.31. The van der Waals surface area contributed by atoms with Gasteiger partial charge in [0, 0.05) is 17.9 Å². The van der Waals surface area contributed by atoms with E-state index in [0.29, 0.717) is 28.7 Å². The number of hydrogen-bond acceptors (Lipinski definition) is 2. The van der Waals surface area contributed by atoms with Gasteiger partial charge in [0.25, 0.3) is 0 Å². The Bertz CT molecular complexity index is 534. The van der Waals surface area contributed by atoms with Crippen molar-refractivity contribution < 1.29 is 4.79 Å². The van der Waals surface area contributed by atoms with Crippen LogP contribution in [0.3, 0.4) is 0 Å². The molecule has 4 bridgehead atoms. The molecule has 2 N–H and O–H groups in total. The Morgan fingerprint density at radius 2 is 1.81 bits per heavy atom.